The molecule has 0 N–H and O–H groups in total. The van der Waals surface area contributed by atoms with Crippen LogP contribution < -0.4 is 0 Å². The van der Waals surface area contributed by atoms with E-state index in [2.05, 4.69) is 46.4 Å². The minimum Gasteiger partial charge on any atom is -0.299 e. The highest BCUT2D eigenvalue weighted by Crippen LogP contribution is 2.44. The van der Waals surface area contributed by atoms with Gasteiger partial charge < -0.3 is 0 Å². The maximum absolute atomic E-state index is 2.74. The smallest absolute Gasteiger partial charge is 0.00958 e. The van der Waals surface area contributed by atoms with E-state index in [-0.39, 0.29) is 0 Å². The molecule has 1 aliphatic heterocycles. The predicted molar refractivity (Wildman–Crippen MR) is 79.7 cm³/mol. The van der Waals surface area contributed by atoms with E-state index >= 15 is 0 Å². The number of rotatable bonds is 3. The van der Waals surface area contributed by atoms with Crippen molar-refractivity contribution in [1.82, 2.24) is 4.90 Å². The molecule has 2 rings (SSSR count). The van der Waals surface area contributed by atoms with E-state index in [4.69, 9.17) is 0 Å². The van der Waals surface area contributed by atoms with Gasteiger partial charge in [-0.1, -0.05) is 41.0 Å². The summed E-state index contributed by atoms with van der Waals surface area (Å²) in [4.78, 5) is 2.74. The van der Waals surface area contributed by atoms with Crippen LogP contribution in [0.2, 0.25) is 0 Å². The Hall–Kier alpha value is -0.0400. The molecule has 2 fully saturated rings. The zero-order valence-electron chi connectivity index (χ0n) is 13.4. The standard InChI is InChI=1S/C17H33N/c1-13(2)17(6)11-18(12-17)14(3)15-8-7-9-16(4,5)10-15/h13-15H,7-12H2,1-6H3. The van der Waals surface area contributed by atoms with E-state index in [1.54, 1.807) is 0 Å². The molecule has 18 heavy (non-hydrogen) atoms. The van der Waals surface area contributed by atoms with Crippen molar-refractivity contribution in [3.05, 3.63) is 0 Å². The number of hydrogen-bond donors (Lipinski definition) is 0. The van der Waals surface area contributed by atoms with Crippen LogP contribution in [0.15, 0.2) is 0 Å². The van der Waals surface area contributed by atoms with Gasteiger partial charge in [-0.25, -0.2) is 0 Å². The zero-order valence-corrected chi connectivity index (χ0v) is 13.4. The summed E-state index contributed by atoms with van der Waals surface area (Å²) in [6.45, 7) is 17.3. The Bertz CT molecular complexity index is 286. The SMILES string of the molecule is CC(C1CCCC(C)(C)C1)N1CC(C)(C(C)C)C1. The molecule has 0 aromatic carbocycles. The maximum atomic E-state index is 2.74. The fourth-order valence-corrected chi connectivity index (χ4v) is 4.00. The molecular formula is C17H33N. The molecule has 1 saturated heterocycles. The monoisotopic (exact) mass is 251 g/mol. The lowest BCUT2D eigenvalue weighted by atomic mass is 9.67. The van der Waals surface area contributed by atoms with E-state index in [0.717, 1.165) is 17.9 Å². The third kappa shape index (κ3) is 2.76. The summed E-state index contributed by atoms with van der Waals surface area (Å²) in [5.41, 5.74) is 1.17. The molecule has 2 atom stereocenters. The lowest BCUT2D eigenvalue weighted by Crippen LogP contribution is -2.61. The minimum absolute atomic E-state index is 0.582. The van der Waals surface area contributed by atoms with Gasteiger partial charge in [0.25, 0.3) is 0 Å². The number of likely N-dealkylation sites (tertiary alicyclic amines) is 1. The Balaban J connectivity index is 1.88. The van der Waals surface area contributed by atoms with Gasteiger partial charge in [-0.3, -0.25) is 4.90 Å². The highest BCUT2D eigenvalue weighted by Gasteiger charge is 2.45. The number of hydrogen-bond acceptors (Lipinski definition) is 1. The molecule has 0 aromatic rings. The van der Waals surface area contributed by atoms with Crippen molar-refractivity contribution in [3.63, 3.8) is 0 Å². The van der Waals surface area contributed by atoms with Crippen LogP contribution in [0.3, 0.4) is 0 Å². The fraction of sp³-hybridized carbons (Fsp3) is 1.00. The average Bonchev–Trinajstić information content (AvgIpc) is 2.22. The summed E-state index contributed by atoms with van der Waals surface area (Å²) in [5.74, 6) is 1.76. The van der Waals surface area contributed by atoms with Gasteiger partial charge in [-0.05, 0) is 48.9 Å². The van der Waals surface area contributed by atoms with Crippen molar-refractivity contribution >= 4 is 0 Å². The molecule has 0 amide bonds. The van der Waals surface area contributed by atoms with Crippen molar-refractivity contribution in [3.8, 4) is 0 Å². The Morgan fingerprint density at radius 1 is 1.06 bits per heavy atom. The van der Waals surface area contributed by atoms with E-state index < -0.39 is 0 Å². The van der Waals surface area contributed by atoms with Crippen LogP contribution >= 0.6 is 0 Å². The fourth-order valence-electron chi connectivity index (χ4n) is 4.00. The van der Waals surface area contributed by atoms with Crippen LogP contribution in [0.4, 0.5) is 0 Å². The summed E-state index contributed by atoms with van der Waals surface area (Å²) < 4.78 is 0. The molecule has 0 radical (unpaired) electrons. The minimum atomic E-state index is 0.582. The molecule has 0 spiro atoms. The summed E-state index contributed by atoms with van der Waals surface area (Å²) in [6.07, 6.45) is 5.76. The first-order chi connectivity index (χ1) is 8.23. The van der Waals surface area contributed by atoms with E-state index in [1.807, 2.05) is 0 Å². The van der Waals surface area contributed by atoms with Crippen LogP contribution in [0.25, 0.3) is 0 Å². The molecule has 2 aliphatic rings. The molecule has 1 nitrogen and oxygen atoms in total. The second-order valence-electron chi connectivity index (χ2n) is 8.47. The van der Waals surface area contributed by atoms with E-state index in [0.29, 0.717) is 10.8 Å². The van der Waals surface area contributed by atoms with Crippen LogP contribution in [0.1, 0.15) is 67.2 Å². The Kier molecular flexibility index (Phi) is 3.84. The van der Waals surface area contributed by atoms with Gasteiger partial charge in [0.15, 0.2) is 0 Å². The van der Waals surface area contributed by atoms with Crippen molar-refractivity contribution in [2.45, 2.75) is 73.3 Å². The van der Waals surface area contributed by atoms with Gasteiger partial charge in [0.05, 0.1) is 0 Å². The predicted octanol–water partition coefficient (Wildman–Crippen LogP) is 4.57. The third-order valence-electron chi connectivity index (χ3n) is 6.02. The molecule has 1 saturated carbocycles. The van der Waals surface area contributed by atoms with Crippen LogP contribution in [0.5, 0.6) is 0 Å². The highest BCUT2D eigenvalue weighted by atomic mass is 15.2. The van der Waals surface area contributed by atoms with Crippen molar-refractivity contribution in [2.24, 2.45) is 22.7 Å². The number of nitrogens with zero attached hydrogens (tertiary/aromatic N) is 1. The van der Waals surface area contributed by atoms with Crippen LogP contribution in [-0.2, 0) is 0 Å². The molecule has 2 unspecified atom stereocenters. The highest BCUT2D eigenvalue weighted by molar-refractivity contribution is 4.97. The van der Waals surface area contributed by atoms with Crippen LogP contribution in [0, 0.1) is 22.7 Å². The van der Waals surface area contributed by atoms with Crippen LogP contribution in [-0.4, -0.2) is 24.0 Å². The van der Waals surface area contributed by atoms with Crippen molar-refractivity contribution < 1.29 is 0 Å². The van der Waals surface area contributed by atoms with Gasteiger partial charge in [-0.15, -0.1) is 0 Å². The van der Waals surface area contributed by atoms with Crippen molar-refractivity contribution in [2.75, 3.05) is 13.1 Å². The summed E-state index contributed by atoms with van der Waals surface area (Å²) >= 11 is 0. The Morgan fingerprint density at radius 3 is 2.17 bits per heavy atom. The zero-order chi connectivity index (χ0) is 13.6. The van der Waals surface area contributed by atoms with E-state index in [9.17, 15) is 0 Å². The molecule has 0 bridgehead atoms. The quantitative estimate of drug-likeness (QED) is 0.710. The normalized spacial score (nSPS) is 33.2. The first-order valence-electron chi connectivity index (χ1n) is 7.98. The molecule has 1 heterocycles. The van der Waals surface area contributed by atoms with Gasteiger partial charge in [0, 0.05) is 19.1 Å². The van der Waals surface area contributed by atoms with E-state index in [1.165, 1.54) is 38.8 Å². The average molecular weight is 251 g/mol. The van der Waals surface area contributed by atoms with Gasteiger partial charge in [0.2, 0.25) is 0 Å². The molecule has 106 valence electrons. The third-order valence-corrected chi connectivity index (χ3v) is 6.02. The summed E-state index contributed by atoms with van der Waals surface area (Å²) in [6, 6.07) is 0.802. The topological polar surface area (TPSA) is 3.24 Å². The largest absolute Gasteiger partial charge is 0.299 e. The van der Waals surface area contributed by atoms with Crippen molar-refractivity contribution in [1.29, 1.82) is 0 Å². The molecule has 1 aliphatic carbocycles. The molecule has 0 aromatic heterocycles. The molecular weight excluding hydrogens is 218 g/mol. The second kappa shape index (κ2) is 4.81. The van der Waals surface area contributed by atoms with Gasteiger partial charge >= 0.3 is 0 Å². The Labute approximate surface area is 114 Å². The summed E-state index contributed by atoms with van der Waals surface area (Å²) in [5, 5.41) is 0. The van der Waals surface area contributed by atoms with Gasteiger partial charge in [-0.2, -0.15) is 0 Å². The first-order valence-corrected chi connectivity index (χ1v) is 7.98. The Morgan fingerprint density at radius 2 is 1.67 bits per heavy atom. The maximum Gasteiger partial charge on any atom is 0.00958 e. The van der Waals surface area contributed by atoms with Gasteiger partial charge in [0.1, 0.15) is 0 Å². The lowest BCUT2D eigenvalue weighted by Gasteiger charge is -2.55. The second-order valence-corrected chi connectivity index (χ2v) is 8.47. The molecule has 1 heteroatoms. The summed E-state index contributed by atoms with van der Waals surface area (Å²) in [7, 11) is 0. The first kappa shape index (κ1) is 14.4. The lowest BCUT2D eigenvalue weighted by molar-refractivity contribution is -0.0682.